The Morgan fingerprint density at radius 1 is 1.38 bits per heavy atom. The Morgan fingerprint density at radius 2 is 2.21 bits per heavy atom. The molecule has 1 unspecified atom stereocenters. The van der Waals surface area contributed by atoms with E-state index in [9.17, 15) is 0 Å². The minimum Gasteiger partial charge on any atom is -0.356 e. The standard InChI is InChI=1S/C17H32N6.HI/c1-4-22-12-7-8-16(22)14-21-17(18-3)20-9-5-6-11-23-13-10-19-15(23)2;/h10,13,16H,4-9,11-12,14H2,1-3H3,(H2,18,20,21);1H. The SMILES string of the molecule is CCN1CCCC1CNC(=NC)NCCCCn1ccnc1C.I. The molecule has 0 saturated carbocycles. The van der Waals surface area contributed by atoms with Gasteiger partial charge in [0.25, 0.3) is 0 Å². The average Bonchev–Trinajstić information content (AvgIpc) is 3.18. The maximum Gasteiger partial charge on any atom is 0.191 e. The van der Waals surface area contributed by atoms with Crippen LogP contribution in [-0.2, 0) is 6.54 Å². The molecule has 1 saturated heterocycles. The van der Waals surface area contributed by atoms with Gasteiger partial charge in [0.1, 0.15) is 5.82 Å². The third kappa shape index (κ3) is 6.58. The first kappa shape index (κ1) is 21.2. The van der Waals surface area contributed by atoms with Gasteiger partial charge in [0.2, 0.25) is 0 Å². The molecule has 2 N–H and O–H groups in total. The molecule has 0 bridgehead atoms. The number of aliphatic imine (C=N–C) groups is 1. The molecule has 2 rings (SSSR count). The van der Waals surface area contributed by atoms with Crippen LogP contribution in [0.2, 0.25) is 0 Å². The van der Waals surface area contributed by atoms with E-state index in [1.165, 1.54) is 19.4 Å². The van der Waals surface area contributed by atoms with Crippen molar-refractivity contribution in [2.24, 2.45) is 4.99 Å². The van der Waals surface area contributed by atoms with Gasteiger partial charge in [-0.15, -0.1) is 24.0 Å². The predicted molar refractivity (Wildman–Crippen MR) is 111 cm³/mol. The second kappa shape index (κ2) is 11.7. The molecule has 0 spiro atoms. The molecule has 138 valence electrons. The Kier molecular flexibility index (Phi) is 10.3. The monoisotopic (exact) mass is 448 g/mol. The molecule has 1 aliphatic heterocycles. The van der Waals surface area contributed by atoms with Crippen LogP contribution in [-0.4, -0.2) is 59.7 Å². The van der Waals surface area contributed by atoms with Crippen LogP contribution in [0.4, 0.5) is 0 Å². The number of guanidine groups is 1. The summed E-state index contributed by atoms with van der Waals surface area (Å²) in [5.41, 5.74) is 0. The highest BCUT2D eigenvalue weighted by Gasteiger charge is 2.22. The van der Waals surface area contributed by atoms with Gasteiger partial charge in [-0.1, -0.05) is 6.92 Å². The van der Waals surface area contributed by atoms with Crippen LogP contribution in [0.1, 0.15) is 38.4 Å². The summed E-state index contributed by atoms with van der Waals surface area (Å²) in [7, 11) is 1.84. The van der Waals surface area contributed by atoms with Gasteiger partial charge in [0, 0.05) is 45.1 Å². The molecular formula is C17H33IN6. The van der Waals surface area contributed by atoms with Gasteiger partial charge in [-0.3, -0.25) is 9.89 Å². The summed E-state index contributed by atoms with van der Waals surface area (Å²) in [5.74, 6) is 2.01. The predicted octanol–water partition coefficient (Wildman–Crippen LogP) is 2.24. The topological polar surface area (TPSA) is 57.5 Å². The number of aromatic nitrogens is 2. The molecule has 1 fully saturated rings. The number of likely N-dealkylation sites (tertiary alicyclic amines) is 1. The van der Waals surface area contributed by atoms with Gasteiger partial charge in [0.15, 0.2) is 5.96 Å². The molecule has 7 heteroatoms. The van der Waals surface area contributed by atoms with E-state index in [4.69, 9.17) is 0 Å². The lowest BCUT2D eigenvalue weighted by Gasteiger charge is -2.24. The number of nitrogens with zero attached hydrogens (tertiary/aromatic N) is 4. The first-order valence-electron chi connectivity index (χ1n) is 8.91. The number of rotatable bonds is 8. The van der Waals surface area contributed by atoms with Crippen molar-refractivity contribution in [3.05, 3.63) is 18.2 Å². The molecular weight excluding hydrogens is 415 g/mol. The average molecular weight is 448 g/mol. The van der Waals surface area contributed by atoms with E-state index in [1.54, 1.807) is 0 Å². The summed E-state index contributed by atoms with van der Waals surface area (Å²) >= 11 is 0. The Hall–Kier alpha value is -0.830. The summed E-state index contributed by atoms with van der Waals surface area (Å²) < 4.78 is 2.20. The Morgan fingerprint density at radius 3 is 2.88 bits per heavy atom. The van der Waals surface area contributed by atoms with Crippen LogP contribution in [0.15, 0.2) is 17.4 Å². The van der Waals surface area contributed by atoms with E-state index in [2.05, 4.69) is 37.0 Å². The van der Waals surface area contributed by atoms with Crippen molar-refractivity contribution in [1.29, 1.82) is 0 Å². The number of nitrogens with one attached hydrogen (secondary N) is 2. The van der Waals surface area contributed by atoms with Crippen LogP contribution in [0.3, 0.4) is 0 Å². The number of imidazole rings is 1. The molecule has 6 nitrogen and oxygen atoms in total. The van der Waals surface area contributed by atoms with Crippen molar-refractivity contribution in [3.8, 4) is 0 Å². The molecule has 1 atom stereocenters. The molecule has 1 aromatic heterocycles. The first-order chi connectivity index (χ1) is 11.2. The molecule has 1 aromatic rings. The highest BCUT2D eigenvalue weighted by Crippen LogP contribution is 2.15. The Bertz CT molecular complexity index is 487. The highest BCUT2D eigenvalue weighted by molar-refractivity contribution is 14.0. The number of aryl methyl sites for hydroxylation is 2. The normalized spacial score (nSPS) is 18.5. The fourth-order valence-electron chi connectivity index (χ4n) is 3.23. The van der Waals surface area contributed by atoms with Crippen molar-refractivity contribution in [2.75, 3.05) is 33.2 Å². The van der Waals surface area contributed by atoms with Crippen molar-refractivity contribution < 1.29 is 0 Å². The zero-order valence-electron chi connectivity index (χ0n) is 15.3. The summed E-state index contributed by atoms with van der Waals surface area (Å²) in [5, 5.41) is 6.89. The molecule has 0 aliphatic carbocycles. The van der Waals surface area contributed by atoms with E-state index in [1.807, 2.05) is 26.4 Å². The number of unbranched alkanes of at least 4 members (excludes halogenated alkanes) is 1. The second-order valence-corrected chi connectivity index (χ2v) is 6.18. The van der Waals surface area contributed by atoms with Gasteiger partial charge in [-0.25, -0.2) is 4.98 Å². The lowest BCUT2D eigenvalue weighted by atomic mass is 10.2. The van der Waals surface area contributed by atoms with Gasteiger partial charge < -0.3 is 15.2 Å². The summed E-state index contributed by atoms with van der Waals surface area (Å²) in [6.45, 7) is 9.65. The number of hydrogen-bond donors (Lipinski definition) is 2. The fraction of sp³-hybridized carbons (Fsp3) is 0.765. The van der Waals surface area contributed by atoms with E-state index in [-0.39, 0.29) is 24.0 Å². The van der Waals surface area contributed by atoms with Crippen molar-refractivity contribution in [1.82, 2.24) is 25.1 Å². The van der Waals surface area contributed by atoms with Crippen molar-refractivity contribution in [2.45, 2.75) is 52.1 Å². The maximum absolute atomic E-state index is 4.32. The van der Waals surface area contributed by atoms with Crippen molar-refractivity contribution in [3.63, 3.8) is 0 Å². The zero-order chi connectivity index (χ0) is 16.5. The summed E-state index contributed by atoms with van der Waals surface area (Å²) in [4.78, 5) is 11.1. The highest BCUT2D eigenvalue weighted by atomic mass is 127. The molecule has 2 heterocycles. The van der Waals surface area contributed by atoms with Crippen LogP contribution in [0.5, 0.6) is 0 Å². The van der Waals surface area contributed by atoms with Crippen LogP contribution >= 0.6 is 24.0 Å². The number of likely N-dealkylation sites (N-methyl/N-ethyl adjacent to an activating group) is 1. The van der Waals surface area contributed by atoms with Crippen LogP contribution < -0.4 is 10.6 Å². The Balaban J connectivity index is 0.00000288. The number of halogens is 1. The van der Waals surface area contributed by atoms with Crippen molar-refractivity contribution >= 4 is 29.9 Å². The second-order valence-electron chi connectivity index (χ2n) is 6.18. The molecule has 0 radical (unpaired) electrons. The minimum atomic E-state index is 0. The van der Waals surface area contributed by atoms with Gasteiger partial charge in [-0.2, -0.15) is 0 Å². The minimum absolute atomic E-state index is 0. The molecule has 24 heavy (non-hydrogen) atoms. The summed E-state index contributed by atoms with van der Waals surface area (Å²) in [6, 6.07) is 0.655. The zero-order valence-corrected chi connectivity index (χ0v) is 17.6. The van der Waals surface area contributed by atoms with Crippen LogP contribution in [0, 0.1) is 6.92 Å². The van der Waals surface area contributed by atoms with E-state index >= 15 is 0 Å². The first-order valence-corrected chi connectivity index (χ1v) is 8.91. The lowest BCUT2D eigenvalue weighted by molar-refractivity contribution is 0.267. The third-order valence-electron chi connectivity index (χ3n) is 4.68. The van der Waals surface area contributed by atoms with E-state index < -0.39 is 0 Å². The van der Waals surface area contributed by atoms with E-state index in [0.717, 1.165) is 50.8 Å². The van der Waals surface area contributed by atoms with Gasteiger partial charge in [0.05, 0.1) is 0 Å². The van der Waals surface area contributed by atoms with Crippen LogP contribution in [0.25, 0.3) is 0 Å². The third-order valence-corrected chi connectivity index (χ3v) is 4.68. The summed E-state index contributed by atoms with van der Waals surface area (Å²) in [6.07, 6.45) is 8.80. The smallest absolute Gasteiger partial charge is 0.191 e. The maximum atomic E-state index is 4.32. The number of hydrogen-bond acceptors (Lipinski definition) is 3. The largest absolute Gasteiger partial charge is 0.356 e. The lowest BCUT2D eigenvalue weighted by Crippen LogP contribution is -2.45. The molecule has 1 aliphatic rings. The Labute approximate surface area is 163 Å². The van der Waals surface area contributed by atoms with E-state index in [0.29, 0.717) is 6.04 Å². The molecule has 0 aromatic carbocycles. The van der Waals surface area contributed by atoms with Gasteiger partial charge in [-0.05, 0) is 45.7 Å². The molecule has 0 amide bonds. The quantitative estimate of drug-likeness (QED) is 0.277. The van der Waals surface area contributed by atoms with Gasteiger partial charge >= 0.3 is 0 Å². The fourth-order valence-corrected chi connectivity index (χ4v) is 3.23.